The molecule has 0 atom stereocenters. The van der Waals surface area contributed by atoms with E-state index in [1.54, 1.807) is 18.3 Å². The van der Waals surface area contributed by atoms with E-state index >= 15 is 0 Å². The molecule has 1 saturated carbocycles. The zero-order valence-electron chi connectivity index (χ0n) is 11.1. The third-order valence-electron chi connectivity index (χ3n) is 4.13. The van der Waals surface area contributed by atoms with Gasteiger partial charge in [0, 0.05) is 29.1 Å². The van der Waals surface area contributed by atoms with Gasteiger partial charge in [0.1, 0.15) is 5.52 Å². The lowest BCUT2D eigenvalue weighted by molar-refractivity contribution is -0.383. The number of Topliss-reactive ketones (excluding diaryl/α,β-unsaturated/α-hetero) is 1. The molecule has 0 aliphatic heterocycles. The normalized spacial score (nSPS) is 16.4. The molecule has 1 N–H and O–H groups in total. The number of hydrogen-bond donors (Lipinski definition) is 1. The Kier molecular flexibility index (Phi) is 3.26. The van der Waals surface area contributed by atoms with E-state index in [4.69, 9.17) is 0 Å². The van der Waals surface area contributed by atoms with E-state index in [-0.39, 0.29) is 17.4 Å². The highest BCUT2D eigenvalue weighted by Gasteiger charge is 2.25. The van der Waals surface area contributed by atoms with Crippen LogP contribution in [0.2, 0.25) is 0 Å². The molecular formula is C15H16N2O3. The highest BCUT2D eigenvalue weighted by Crippen LogP contribution is 2.32. The number of nitro groups is 1. The zero-order chi connectivity index (χ0) is 14.1. The van der Waals surface area contributed by atoms with E-state index in [9.17, 15) is 14.9 Å². The molecule has 0 bridgehead atoms. The molecule has 2 aromatic rings. The number of nitrogens with one attached hydrogen (secondary N) is 1. The molecule has 0 radical (unpaired) electrons. The zero-order valence-corrected chi connectivity index (χ0v) is 11.1. The summed E-state index contributed by atoms with van der Waals surface area (Å²) in [4.78, 5) is 26.0. The number of hydrogen-bond acceptors (Lipinski definition) is 3. The number of H-pyrrole nitrogens is 1. The molecule has 0 saturated heterocycles. The molecule has 1 heterocycles. The van der Waals surface area contributed by atoms with Crippen LogP contribution in [0.3, 0.4) is 0 Å². The van der Waals surface area contributed by atoms with Gasteiger partial charge in [-0.05, 0) is 12.8 Å². The van der Waals surface area contributed by atoms with Crippen LogP contribution in [0, 0.1) is 16.0 Å². The van der Waals surface area contributed by atoms with E-state index in [2.05, 4.69) is 4.98 Å². The fourth-order valence-corrected chi connectivity index (χ4v) is 3.08. The van der Waals surface area contributed by atoms with Gasteiger partial charge in [-0.2, -0.15) is 0 Å². The summed E-state index contributed by atoms with van der Waals surface area (Å²) in [5.74, 6) is 0.193. The van der Waals surface area contributed by atoms with Crippen LogP contribution in [0.1, 0.15) is 42.5 Å². The first-order valence-electron chi connectivity index (χ1n) is 6.97. The number of rotatable bonds is 3. The summed E-state index contributed by atoms with van der Waals surface area (Å²) < 4.78 is 0. The smallest absolute Gasteiger partial charge is 0.293 e. The molecule has 3 rings (SSSR count). The summed E-state index contributed by atoms with van der Waals surface area (Å²) in [7, 11) is 0. The van der Waals surface area contributed by atoms with Crippen LogP contribution in [-0.4, -0.2) is 15.7 Å². The number of para-hydroxylation sites is 1. The number of carbonyl (C=O) groups excluding carboxylic acids is 1. The molecule has 0 spiro atoms. The fraction of sp³-hybridized carbons (Fsp3) is 0.400. The number of nitro benzene ring substituents is 1. The van der Waals surface area contributed by atoms with Crippen LogP contribution < -0.4 is 0 Å². The van der Waals surface area contributed by atoms with Gasteiger partial charge in [0.2, 0.25) is 0 Å². The third kappa shape index (κ3) is 2.09. The average Bonchev–Trinajstić information content (AvgIpc) is 2.91. The Labute approximate surface area is 116 Å². The molecule has 20 heavy (non-hydrogen) atoms. The van der Waals surface area contributed by atoms with Crippen molar-refractivity contribution in [2.75, 3.05) is 0 Å². The quantitative estimate of drug-likeness (QED) is 0.524. The first-order chi connectivity index (χ1) is 9.68. The minimum atomic E-state index is -0.423. The van der Waals surface area contributed by atoms with E-state index in [0.717, 1.165) is 25.7 Å². The molecular weight excluding hydrogens is 256 g/mol. The number of aromatic amines is 1. The lowest BCUT2D eigenvalue weighted by atomic mass is 9.84. The van der Waals surface area contributed by atoms with E-state index in [1.165, 1.54) is 12.5 Å². The van der Waals surface area contributed by atoms with Crippen molar-refractivity contribution in [3.63, 3.8) is 0 Å². The monoisotopic (exact) mass is 272 g/mol. The van der Waals surface area contributed by atoms with Crippen LogP contribution in [0.15, 0.2) is 24.4 Å². The minimum Gasteiger partial charge on any atom is -0.355 e. The molecule has 5 heteroatoms. The van der Waals surface area contributed by atoms with Crippen molar-refractivity contribution < 1.29 is 9.72 Å². The molecule has 0 amide bonds. The minimum absolute atomic E-state index is 0.0187. The number of fused-ring (bicyclic) bond motifs is 1. The molecule has 5 nitrogen and oxygen atoms in total. The number of non-ortho nitro benzene ring substituents is 1. The Morgan fingerprint density at radius 2 is 2.00 bits per heavy atom. The van der Waals surface area contributed by atoms with Gasteiger partial charge in [-0.1, -0.05) is 31.4 Å². The Morgan fingerprint density at radius 3 is 2.70 bits per heavy atom. The van der Waals surface area contributed by atoms with Crippen molar-refractivity contribution in [3.05, 3.63) is 40.1 Å². The summed E-state index contributed by atoms with van der Waals surface area (Å²) in [6.45, 7) is 0. The molecule has 1 aliphatic rings. The van der Waals surface area contributed by atoms with Gasteiger partial charge in [0.05, 0.1) is 4.92 Å². The van der Waals surface area contributed by atoms with Crippen molar-refractivity contribution in [2.24, 2.45) is 5.92 Å². The van der Waals surface area contributed by atoms with Gasteiger partial charge in [0.15, 0.2) is 5.78 Å². The number of benzene rings is 1. The maximum atomic E-state index is 12.6. The first-order valence-corrected chi connectivity index (χ1v) is 6.97. The number of ketones is 1. The van der Waals surface area contributed by atoms with Crippen LogP contribution in [0.4, 0.5) is 5.69 Å². The van der Waals surface area contributed by atoms with Gasteiger partial charge >= 0.3 is 0 Å². The number of nitrogens with zero attached hydrogens (tertiary/aromatic N) is 1. The summed E-state index contributed by atoms with van der Waals surface area (Å²) in [6, 6.07) is 4.86. The highest BCUT2D eigenvalue weighted by molar-refractivity contribution is 6.10. The van der Waals surface area contributed by atoms with E-state index < -0.39 is 4.92 Å². The maximum absolute atomic E-state index is 12.6. The summed E-state index contributed by atoms with van der Waals surface area (Å²) in [6.07, 6.45) is 6.87. The second-order valence-electron chi connectivity index (χ2n) is 5.36. The molecule has 0 unspecified atom stereocenters. The van der Waals surface area contributed by atoms with Crippen molar-refractivity contribution in [1.29, 1.82) is 0 Å². The molecule has 1 aromatic heterocycles. The Morgan fingerprint density at radius 1 is 1.25 bits per heavy atom. The number of aromatic nitrogens is 1. The van der Waals surface area contributed by atoms with Crippen LogP contribution in [0.25, 0.3) is 10.9 Å². The third-order valence-corrected chi connectivity index (χ3v) is 4.13. The van der Waals surface area contributed by atoms with E-state index in [0.29, 0.717) is 16.5 Å². The SMILES string of the molecule is O=C(c1c[nH]c2c([N+](=O)[O-])cccc12)C1CCCCC1. The van der Waals surface area contributed by atoms with Gasteiger partial charge < -0.3 is 4.98 Å². The lowest BCUT2D eigenvalue weighted by Gasteiger charge is -2.19. The van der Waals surface area contributed by atoms with Crippen LogP contribution in [-0.2, 0) is 0 Å². The highest BCUT2D eigenvalue weighted by atomic mass is 16.6. The van der Waals surface area contributed by atoms with Gasteiger partial charge in [0.25, 0.3) is 5.69 Å². The molecule has 1 aliphatic carbocycles. The second-order valence-corrected chi connectivity index (χ2v) is 5.36. The predicted octanol–water partition coefficient (Wildman–Crippen LogP) is 3.84. The average molecular weight is 272 g/mol. The van der Waals surface area contributed by atoms with Crippen molar-refractivity contribution in [3.8, 4) is 0 Å². The topological polar surface area (TPSA) is 76.0 Å². The maximum Gasteiger partial charge on any atom is 0.293 e. The molecule has 1 aromatic carbocycles. The van der Waals surface area contributed by atoms with Crippen LogP contribution in [0.5, 0.6) is 0 Å². The van der Waals surface area contributed by atoms with E-state index in [1.807, 2.05) is 0 Å². The van der Waals surface area contributed by atoms with Crippen molar-refractivity contribution >= 4 is 22.4 Å². The van der Waals surface area contributed by atoms with Crippen LogP contribution >= 0.6 is 0 Å². The first kappa shape index (κ1) is 12.8. The lowest BCUT2D eigenvalue weighted by Crippen LogP contribution is -2.17. The fourth-order valence-electron chi connectivity index (χ4n) is 3.08. The number of carbonyl (C=O) groups is 1. The van der Waals surface area contributed by atoms with Crippen molar-refractivity contribution in [2.45, 2.75) is 32.1 Å². The summed E-state index contributed by atoms with van der Waals surface area (Å²) in [5, 5.41) is 11.7. The largest absolute Gasteiger partial charge is 0.355 e. The molecule has 104 valence electrons. The Bertz CT molecular complexity index is 669. The van der Waals surface area contributed by atoms with Gasteiger partial charge in [-0.15, -0.1) is 0 Å². The van der Waals surface area contributed by atoms with Gasteiger partial charge in [-0.25, -0.2) is 0 Å². The van der Waals surface area contributed by atoms with Crippen molar-refractivity contribution in [1.82, 2.24) is 4.98 Å². The summed E-state index contributed by atoms with van der Waals surface area (Å²) >= 11 is 0. The van der Waals surface area contributed by atoms with Gasteiger partial charge in [-0.3, -0.25) is 14.9 Å². The Balaban J connectivity index is 2.02. The predicted molar refractivity (Wildman–Crippen MR) is 75.9 cm³/mol. The second kappa shape index (κ2) is 5.07. The molecule has 1 fully saturated rings. The standard InChI is InChI=1S/C15H16N2O3/c18-15(10-5-2-1-3-6-10)12-9-16-14-11(12)7-4-8-13(14)17(19)20/h4,7-10,16H,1-3,5-6H2. The summed E-state index contributed by atoms with van der Waals surface area (Å²) in [5.41, 5.74) is 1.05. The Hall–Kier alpha value is -2.17.